The average molecular weight is 265 g/mol. The van der Waals surface area contributed by atoms with Gasteiger partial charge in [-0.3, -0.25) is 9.36 Å². The van der Waals surface area contributed by atoms with Crippen molar-refractivity contribution in [3.63, 3.8) is 0 Å². The van der Waals surface area contributed by atoms with Crippen LogP contribution in [0.2, 0.25) is 0 Å². The summed E-state index contributed by atoms with van der Waals surface area (Å²) in [6.07, 6.45) is 0.816. The lowest BCUT2D eigenvalue weighted by Gasteiger charge is -2.09. The Morgan fingerprint density at radius 3 is 2.67 bits per heavy atom. The largest absolute Gasteiger partial charge is 0.326 e. The van der Waals surface area contributed by atoms with Gasteiger partial charge in [-0.05, 0) is 18.4 Å². The Labute approximate surface area is 110 Å². The number of thiophene rings is 1. The van der Waals surface area contributed by atoms with Crippen LogP contribution in [-0.2, 0) is 20.0 Å². The highest BCUT2D eigenvalue weighted by atomic mass is 32.1. The maximum Gasteiger partial charge on any atom is 0.262 e. The van der Waals surface area contributed by atoms with Gasteiger partial charge in [0.25, 0.3) is 5.56 Å². The normalized spacial score (nSPS) is 11.7. The minimum absolute atomic E-state index is 0.0455. The standard InChI is InChI=1S/C13H19N3OS/c1-7(2)5-10-15-12-11(13(17)16(10)4)8(3)9(6-14)18-12/h7H,5-6,14H2,1-4H3. The van der Waals surface area contributed by atoms with Gasteiger partial charge in [-0.15, -0.1) is 11.3 Å². The SMILES string of the molecule is Cc1c(CN)sc2nc(CC(C)C)n(C)c(=O)c12. The number of fused-ring (bicyclic) bond motifs is 1. The summed E-state index contributed by atoms with van der Waals surface area (Å²) in [7, 11) is 1.80. The lowest BCUT2D eigenvalue weighted by atomic mass is 10.1. The second-order valence-electron chi connectivity index (χ2n) is 5.02. The highest BCUT2D eigenvalue weighted by Crippen LogP contribution is 2.26. The highest BCUT2D eigenvalue weighted by Gasteiger charge is 2.16. The molecule has 0 aromatic carbocycles. The third-order valence-corrected chi connectivity index (χ3v) is 4.35. The molecule has 2 rings (SSSR count). The molecular weight excluding hydrogens is 246 g/mol. The number of rotatable bonds is 3. The minimum Gasteiger partial charge on any atom is -0.326 e. The molecule has 0 saturated heterocycles. The third kappa shape index (κ3) is 2.08. The van der Waals surface area contributed by atoms with Gasteiger partial charge >= 0.3 is 0 Å². The summed E-state index contributed by atoms with van der Waals surface area (Å²) < 4.78 is 1.67. The van der Waals surface area contributed by atoms with Gasteiger partial charge < -0.3 is 5.73 Å². The Bertz CT molecular complexity index is 640. The summed E-state index contributed by atoms with van der Waals surface area (Å²) in [4.78, 5) is 18.9. The fourth-order valence-electron chi connectivity index (χ4n) is 2.09. The molecule has 0 fully saturated rings. The quantitative estimate of drug-likeness (QED) is 0.923. The van der Waals surface area contributed by atoms with Crippen molar-refractivity contribution in [1.82, 2.24) is 9.55 Å². The summed E-state index contributed by atoms with van der Waals surface area (Å²) in [5.74, 6) is 1.34. The van der Waals surface area contributed by atoms with Crippen molar-refractivity contribution in [2.45, 2.75) is 33.7 Å². The average Bonchev–Trinajstić information content (AvgIpc) is 2.62. The predicted octanol–water partition coefficient (Wildman–Crippen LogP) is 1.96. The van der Waals surface area contributed by atoms with E-state index < -0.39 is 0 Å². The van der Waals surface area contributed by atoms with Gasteiger partial charge in [-0.25, -0.2) is 4.98 Å². The summed E-state index contributed by atoms with van der Waals surface area (Å²) in [6, 6.07) is 0. The smallest absolute Gasteiger partial charge is 0.262 e. The maximum atomic E-state index is 12.4. The Balaban J connectivity index is 2.73. The van der Waals surface area contributed by atoms with E-state index in [4.69, 9.17) is 5.73 Å². The molecule has 2 aromatic heterocycles. The zero-order valence-electron chi connectivity index (χ0n) is 11.3. The van der Waals surface area contributed by atoms with Crippen LogP contribution in [0.1, 0.15) is 30.1 Å². The minimum atomic E-state index is 0.0455. The van der Waals surface area contributed by atoms with Gasteiger partial charge in [-0.1, -0.05) is 13.8 Å². The molecule has 18 heavy (non-hydrogen) atoms. The molecule has 5 heteroatoms. The summed E-state index contributed by atoms with van der Waals surface area (Å²) in [6.45, 7) is 6.67. The predicted molar refractivity (Wildman–Crippen MR) is 76.0 cm³/mol. The van der Waals surface area contributed by atoms with E-state index >= 15 is 0 Å². The fraction of sp³-hybridized carbons (Fsp3) is 0.538. The second-order valence-corrected chi connectivity index (χ2v) is 6.11. The Morgan fingerprint density at radius 2 is 2.11 bits per heavy atom. The lowest BCUT2D eigenvalue weighted by Crippen LogP contribution is -2.23. The van der Waals surface area contributed by atoms with E-state index in [-0.39, 0.29) is 5.56 Å². The molecule has 0 bridgehead atoms. The monoisotopic (exact) mass is 265 g/mol. The van der Waals surface area contributed by atoms with E-state index in [2.05, 4.69) is 18.8 Å². The van der Waals surface area contributed by atoms with Gasteiger partial charge in [0.15, 0.2) is 0 Å². The first-order valence-corrected chi connectivity index (χ1v) is 6.95. The van der Waals surface area contributed by atoms with Crippen molar-refractivity contribution in [1.29, 1.82) is 0 Å². The van der Waals surface area contributed by atoms with Crippen LogP contribution in [0, 0.1) is 12.8 Å². The molecule has 0 radical (unpaired) electrons. The first-order valence-electron chi connectivity index (χ1n) is 6.13. The number of nitrogens with two attached hydrogens (primary N) is 1. The number of hydrogen-bond donors (Lipinski definition) is 1. The van der Waals surface area contributed by atoms with Gasteiger partial charge in [0, 0.05) is 24.9 Å². The van der Waals surface area contributed by atoms with Crippen LogP contribution in [0.25, 0.3) is 10.2 Å². The summed E-state index contributed by atoms with van der Waals surface area (Å²) >= 11 is 1.54. The van der Waals surface area contributed by atoms with Crippen LogP contribution < -0.4 is 11.3 Å². The van der Waals surface area contributed by atoms with Crippen molar-refractivity contribution >= 4 is 21.6 Å². The van der Waals surface area contributed by atoms with E-state index in [1.165, 1.54) is 11.3 Å². The van der Waals surface area contributed by atoms with Crippen molar-refractivity contribution < 1.29 is 0 Å². The second kappa shape index (κ2) is 4.82. The van der Waals surface area contributed by atoms with Crippen molar-refractivity contribution in [3.8, 4) is 0 Å². The summed E-state index contributed by atoms with van der Waals surface area (Å²) in [5.41, 5.74) is 6.73. The number of aromatic nitrogens is 2. The Kier molecular flexibility index (Phi) is 3.54. The maximum absolute atomic E-state index is 12.4. The lowest BCUT2D eigenvalue weighted by molar-refractivity contribution is 0.590. The highest BCUT2D eigenvalue weighted by molar-refractivity contribution is 7.18. The zero-order valence-corrected chi connectivity index (χ0v) is 12.1. The van der Waals surface area contributed by atoms with E-state index in [1.807, 2.05) is 6.92 Å². The molecule has 0 spiro atoms. The van der Waals surface area contributed by atoms with Crippen LogP contribution in [-0.4, -0.2) is 9.55 Å². The fourth-order valence-corrected chi connectivity index (χ4v) is 3.16. The van der Waals surface area contributed by atoms with Crippen LogP contribution in [0.3, 0.4) is 0 Å². The number of nitrogens with zero attached hydrogens (tertiary/aromatic N) is 2. The Morgan fingerprint density at radius 1 is 1.44 bits per heavy atom. The third-order valence-electron chi connectivity index (χ3n) is 3.14. The van der Waals surface area contributed by atoms with Gasteiger partial charge in [0.1, 0.15) is 10.7 Å². The molecule has 98 valence electrons. The van der Waals surface area contributed by atoms with Crippen LogP contribution in [0.5, 0.6) is 0 Å². The molecule has 0 aliphatic heterocycles. The topological polar surface area (TPSA) is 60.9 Å². The molecule has 0 aliphatic carbocycles. The van der Waals surface area contributed by atoms with E-state index in [1.54, 1.807) is 11.6 Å². The molecular formula is C13H19N3OS. The van der Waals surface area contributed by atoms with Crippen molar-refractivity contribution in [2.75, 3.05) is 0 Å². The molecule has 2 aromatic rings. The molecule has 2 heterocycles. The molecule has 0 unspecified atom stereocenters. The molecule has 0 saturated carbocycles. The van der Waals surface area contributed by atoms with E-state index in [9.17, 15) is 4.79 Å². The van der Waals surface area contributed by atoms with E-state index in [0.717, 1.165) is 32.9 Å². The molecule has 0 aliphatic rings. The van der Waals surface area contributed by atoms with Gasteiger partial charge in [0.05, 0.1) is 5.39 Å². The van der Waals surface area contributed by atoms with Crippen LogP contribution in [0.15, 0.2) is 4.79 Å². The molecule has 2 N–H and O–H groups in total. The molecule has 4 nitrogen and oxygen atoms in total. The first-order chi connectivity index (χ1) is 8.45. The Hall–Kier alpha value is -1.20. The number of hydrogen-bond acceptors (Lipinski definition) is 4. The van der Waals surface area contributed by atoms with Gasteiger partial charge in [0.2, 0.25) is 0 Å². The molecule has 0 amide bonds. The van der Waals surface area contributed by atoms with Crippen LogP contribution >= 0.6 is 11.3 Å². The van der Waals surface area contributed by atoms with Crippen molar-refractivity contribution in [3.05, 3.63) is 26.6 Å². The van der Waals surface area contributed by atoms with Gasteiger partial charge in [-0.2, -0.15) is 0 Å². The number of aryl methyl sites for hydroxylation is 1. The zero-order chi connectivity index (χ0) is 13.4. The molecule has 0 atom stereocenters. The van der Waals surface area contributed by atoms with Crippen molar-refractivity contribution in [2.24, 2.45) is 18.7 Å². The summed E-state index contributed by atoms with van der Waals surface area (Å²) in [5, 5.41) is 0.732. The van der Waals surface area contributed by atoms with E-state index in [0.29, 0.717) is 12.5 Å². The van der Waals surface area contributed by atoms with Crippen LogP contribution in [0.4, 0.5) is 0 Å². The first kappa shape index (κ1) is 13.2.